The van der Waals surface area contributed by atoms with Crippen LogP contribution < -0.4 is 0 Å². The van der Waals surface area contributed by atoms with Crippen molar-refractivity contribution in [1.29, 1.82) is 5.26 Å². The third kappa shape index (κ3) is 6.78. The van der Waals surface area contributed by atoms with E-state index in [0.29, 0.717) is 12.3 Å². The number of carbonyl (C=O) groups is 1. The number of aliphatic carboxylic acids is 1. The summed E-state index contributed by atoms with van der Waals surface area (Å²) < 4.78 is 0. The van der Waals surface area contributed by atoms with E-state index in [0.717, 1.165) is 37.0 Å². The minimum atomic E-state index is -0.720. The van der Waals surface area contributed by atoms with Gasteiger partial charge in [0.1, 0.15) is 0 Å². The van der Waals surface area contributed by atoms with E-state index in [4.69, 9.17) is 5.11 Å². The van der Waals surface area contributed by atoms with E-state index in [9.17, 15) is 10.1 Å². The van der Waals surface area contributed by atoms with Gasteiger partial charge in [0.05, 0.1) is 11.5 Å². The Morgan fingerprint density at radius 2 is 1.68 bits per heavy atom. The number of hydrogen-bond donors (Lipinski definition) is 1. The Balaban J connectivity index is 1.72. The summed E-state index contributed by atoms with van der Waals surface area (Å²) in [6.07, 6.45) is 19.0. The normalized spacial score (nSPS) is 31.8. The SMILES string of the molecule is CCCCCCC1CCC(C2CCC(C#N)(C(C)CCCC(=O)O)CC2)CC1. The Morgan fingerprint density at radius 3 is 2.25 bits per heavy atom. The molecule has 0 spiro atoms. The summed E-state index contributed by atoms with van der Waals surface area (Å²) in [4.78, 5) is 10.8. The molecule has 160 valence electrons. The molecule has 28 heavy (non-hydrogen) atoms. The summed E-state index contributed by atoms with van der Waals surface area (Å²) in [5.74, 6) is 2.29. The van der Waals surface area contributed by atoms with Crippen LogP contribution in [0.25, 0.3) is 0 Å². The zero-order valence-corrected chi connectivity index (χ0v) is 18.4. The highest BCUT2D eigenvalue weighted by Crippen LogP contribution is 2.49. The van der Waals surface area contributed by atoms with Crippen molar-refractivity contribution in [2.45, 2.75) is 117 Å². The first-order chi connectivity index (χ1) is 13.5. The van der Waals surface area contributed by atoms with E-state index in [-0.39, 0.29) is 11.8 Å². The number of hydrogen-bond acceptors (Lipinski definition) is 2. The van der Waals surface area contributed by atoms with Gasteiger partial charge in [-0.1, -0.05) is 58.8 Å². The standard InChI is InChI=1S/C25H43NO2/c1-3-4-5-6-9-21-11-13-22(14-12-21)23-15-17-25(19-26,18-16-23)20(2)8-7-10-24(27)28/h20-23H,3-18H2,1-2H3,(H,27,28). The zero-order chi connectivity index (χ0) is 20.4. The van der Waals surface area contributed by atoms with Crippen LogP contribution in [0.3, 0.4) is 0 Å². The number of nitrogens with zero attached hydrogens (tertiary/aromatic N) is 1. The second-order valence-electron chi connectivity index (χ2n) is 9.92. The number of nitriles is 1. The second kappa shape index (κ2) is 11.8. The van der Waals surface area contributed by atoms with Gasteiger partial charge in [0, 0.05) is 6.42 Å². The Kier molecular flexibility index (Phi) is 9.83. The topological polar surface area (TPSA) is 61.1 Å². The molecule has 0 amide bonds. The van der Waals surface area contributed by atoms with Crippen molar-refractivity contribution in [1.82, 2.24) is 0 Å². The maximum atomic E-state index is 10.8. The lowest BCUT2D eigenvalue weighted by molar-refractivity contribution is -0.137. The van der Waals surface area contributed by atoms with Crippen LogP contribution in [0.2, 0.25) is 0 Å². The van der Waals surface area contributed by atoms with Crippen LogP contribution in [-0.4, -0.2) is 11.1 Å². The van der Waals surface area contributed by atoms with Gasteiger partial charge in [0.2, 0.25) is 0 Å². The molecule has 2 aliphatic rings. The van der Waals surface area contributed by atoms with Gasteiger partial charge in [-0.2, -0.15) is 5.26 Å². The monoisotopic (exact) mass is 389 g/mol. The molecule has 2 rings (SSSR count). The third-order valence-corrected chi connectivity index (χ3v) is 8.14. The molecule has 0 heterocycles. The van der Waals surface area contributed by atoms with Gasteiger partial charge in [-0.15, -0.1) is 0 Å². The smallest absolute Gasteiger partial charge is 0.303 e. The predicted octanol–water partition coefficient (Wildman–Crippen LogP) is 7.35. The molecule has 0 aromatic heterocycles. The molecule has 1 atom stereocenters. The van der Waals surface area contributed by atoms with Crippen LogP contribution in [-0.2, 0) is 4.79 Å². The Labute approximate surface area is 173 Å². The van der Waals surface area contributed by atoms with E-state index < -0.39 is 5.97 Å². The van der Waals surface area contributed by atoms with Gasteiger partial charge in [0.25, 0.3) is 0 Å². The number of rotatable bonds is 11. The average Bonchev–Trinajstić information content (AvgIpc) is 2.71. The molecule has 0 bridgehead atoms. The van der Waals surface area contributed by atoms with Crippen LogP contribution >= 0.6 is 0 Å². The summed E-state index contributed by atoms with van der Waals surface area (Å²) in [5.41, 5.74) is -0.203. The molecular weight excluding hydrogens is 346 g/mol. The van der Waals surface area contributed by atoms with Crippen molar-refractivity contribution in [3.05, 3.63) is 0 Å². The quantitative estimate of drug-likeness (QED) is 0.376. The van der Waals surface area contributed by atoms with Crippen LogP contribution in [0.4, 0.5) is 0 Å². The van der Waals surface area contributed by atoms with Gasteiger partial charge < -0.3 is 5.11 Å². The fourth-order valence-electron chi connectivity index (χ4n) is 5.99. The van der Waals surface area contributed by atoms with Gasteiger partial charge in [-0.3, -0.25) is 4.79 Å². The average molecular weight is 390 g/mol. The van der Waals surface area contributed by atoms with E-state index in [2.05, 4.69) is 19.9 Å². The highest BCUT2D eigenvalue weighted by Gasteiger charge is 2.41. The lowest BCUT2D eigenvalue weighted by Crippen LogP contribution is -2.35. The molecule has 1 N–H and O–H groups in total. The highest BCUT2D eigenvalue weighted by atomic mass is 16.4. The molecule has 0 saturated heterocycles. The summed E-state index contributed by atoms with van der Waals surface area (Å²) in [6.45, 7) is 4.46. The van der Waals surface area contributed by atoms with Crippen LogP contribution in [0.1, 0.15) is 117 Å². The Hall–Kier alpha value is -1.04. The molecule has 2 aliphatic carbocycles. The summed E-state index contributed by atoms with van der Waals surface area (Å²) in [7, 11) is 0. The van der Waals surface area contributed by atoms with Crippen molar-refractivity contribution in [2.24, 2.45) is 29.1 Å². The number of unbranched alkanes of at least 4 members (excludes halogenated alkanes) is 3. The van der Waals surface area contributed by atoms with Gasteiger partial charge in [0.15, 0.2) is 0 Å². The molecule has 3 heteroatoms. The molecule has 1 unspecified atom stereocenters. The molecule has 0 radical (unpaired) electrons. The van der Waals surface area contributed by atoms with Crippen LogP contribution in [0.15, 0.2) is 0 Å². The first-order valence-electron chi connectivity index (χ1n) is 12.1. The minimum absolute atomic E-state index is 0.203. The molecule has 2 fully saturated rings. The summed E-state index contributed by atoms with van der Waals surface area (Å²) >= 11 is 0. The van der Waals surface area contributed by atoms with Crippen molar-refractivity contribution in [3.63, 3.8) is 0 Å². The first-order valence-corrected chi connectivity index (χ1v) is 12.1. The molecule has 0 aromatic carbocycles. The number of carboxylic acids is 1. The molecule has 0 aromatic rings. The molecule has 3 nitrogen and oxygen atoms in total. The van der Waals surface area contributed by atoms with Crippen molar-refractivity contribution < 1.29 is 9.90 Å². The van der Waals surface area contributed by atoms with E-state index in [1.165, 1.54) is 70.6 Å². The summed E-state index contributed by atoms with van der Waals surface area (Å²) in [6, 6.07) is 2.67. The predicted molar refractivity (Wildman–Crippen MR) is 115 cm³/mol. The largest absolute Gasteiger partial charge is 0.481 e. The zero-order valence-electron chi connectivity index (χ0n) is 18.4. The lowest BCUT2D eigenvalue weighted by atomic mass is 9.60. The van der Waals surface area contributed by atoms with Crippen LogP contribution in [0, 0.1) is 40.4 Å². The third-order valence-electron chi connectivity index (χ3n) is 8.14. The van der Waals surface area contributed by atoms with E-state index >= 15 is 0 Å². The maximum Gasteiger partial charge on any atom is 0.303 e. The van der Waals surface area contributed by atoms with Crippen molar-refractivity contribution in [3.8, 4) is 6.07 Å². The van der Waals surface area contributed by atoms with Crippen molar-refractivity contribution in [2.75, 3.05) is 0 Å². The molecule has 0 aliphatic heterocycles. The molecular formula is C25H43NO2. The Bertz CT molecular complexity index is 493. The second-order valence-corrected chi connectivity index (χ2v) is 9.92. The van der Waals surface area contributed by atoms with E-state index in [1.54, 1.807) is 0 Å². The summed E-state index contributed by atoms with van der Waals surface area (Å²) in [5, 5.41) is 18.8. The van der Waals surface area contributed by atoms with Gasteiger partial charge in [-0.25, -0.2) is 0 Å². The van der Waals surface area contributed by atoms with Gasteiger partial charge >= 0.3 is 5.97 Å². The van der Waals surface area contributed by atoms with E-state index in [1.807, 2.05) is 0 Å². The highest BCUT2D eigenvalue weighted by molar-refractivity contribution is 5.66. The van der Waals surface area contributed by atoms with Crippen LogP contribution in [0.5, 0.6) is 0 Å². The fraction of sp³-hybridized carbons (Fsp3) is 0.920. The Morgan fingerprint density at radius 1 is 1.04 bits per heavy atom. The minimum Gasteiger partial charge on any atom is -0.481 e. The van der Waals surface area contributed by atoms with Crippen molar-refractivity contribution >= 4 is 5.97 Å². The fourth-order valence-corrected chi connectivity index (χ4v) is 5.99. The van der Waals surface area contributed by atoms with Gasteiger partial charge in [-0.05, 0) is 75.0 Å². The maximum absolute atomic E-state index is 10.8. The first kappa shape index (κ1) is 23.2. The molecule has 2 saturated carbocycles. The number of carboxylic acid groups (broad SMARTS) is 1. The lowest BCUT2D eigenvalue weighted by Gasteiger charge is -2.43.